The summed E-state index contributed by atoms with van der Waals surface area (Å²) in [6.07, 6.45) is 4.59. The first-order chi connectivity index (χ1) is 12.5. The molecule has 5 nitrogen and oxygen atoms in total. The summed E-state index contributed by atoms with van der Waals surface area (Å²) in [5.41, 5.74) is 3.20. The van der Waals surface area contributed by atoms with E-state index in [-0.39, 0.29) is 18.6 Å². The van der Waals surface area contributed by atoms with E-state index in [1.54, 1.807) is 0 Å². The average molecular weight is 356 g/mol. The molecule has 1 aliphatic rings. The topological polar surface area (TPSA) is 64.4 Å². The number of rotatable bonds is 5. The molecule has 5 heteroatoms. The van der Waals surface area contributed by atoms with Crippen LogP contribution in [0.25, 0.3) is 0 Å². The van der Waals surface area contributed by atoms with Crippen LogP contribution < -0.4 is 10.1 Å². The Labute approximate surface area is 155 Å². The van der Waals surface area contributed by atoms with Crippen LogP contribution in [0.2, 0.25) is 0 Å². The largest absolute Gasteiger partial charge is 0.488 e. The standard InChI is InChI=1S/C21H28N2O3/c1-13-8-5-6-11-18(13)22-21(24)19-17(16(4)26-23-19)12-25-20-14(2)9-7-10-15(20)3/h7,9-10,13,18H,5-6,8,11-12H2,1-4H3,(H,22,24). The summed E-state index contributed by atoms with van der Waals surface area (Å²) < 4.78 is 11.3. The van der Waals surface area contributed by atoms with Gasteiger partial charge in [0.05, 0.1) is 5.56 Å². The second kappa shape index (κ2) is 7.94. The highest BCUT2D eigenvalue weighted by molar-refractivity contribution is 5.94. The molecule has 1 heterocycles. The van der Waals surface area contributed by atoms with E-state index in [4.69, 9.17) is 9.26 Å². The number of hydrogen-bond donors (Lipinski definition) is 1. The number of ether oxygens (including phenoxy) is 1. The number of nitrogens with one attached hydrogen (secondary N) is 1. The van der Waals surface area contributed by atoms with Gasteiger partial charge >= 0.3 is 0 Å². The maximum absolute atomic E-state index is 12.7. The number of benzene rings is 1. The van der Waals surface area contributed by atoms with Crippen LogP contribution in [-0.4, -0.2) is 17.1 Å². The van der Waals surface area contributed by atoms with Crippen LogP contribution in [0.5, 0.6) is 5.75 Å². The highest BCUT2D eigenvalue weighted by atomic mass is 16.5. The minimum atomic E-state index is -0.166. The average Bonchev–Trinajstić information content (AvgIpc) is 2.97. The Bertz CT molecular complexity index is 761. The van der Waals surface area contributed by atoms with Crippen molar-refractivity contribution in [2.75, 3.05) is 0 Å². The molecule has 1 fully saturated rings. The minimum Gasteiger partial charge on any atom is -0.488 e. The second-order valence-electron chi connectivity index (χ2n) is 7.42. The number of carbonyl (C=O) groups is 1. The molecule has 26 heavy (non-hydrogen) atoms. The number of aryl methyl sites for hydroxylation is 3. The van der Waals surface area contributed by atoms with E-state index in [2.05, 4.69) is 17.4 Å². The Kier molecular flexibility index (Phi) is 5.64. The van der Waals surface area contributed by atoms with Gasteiger partial charge in [0.1, 0.15) is 18.1 Å². The highest BCUT2D eigenvalue weighted by Crippen LogP contribution is 2.26. The van der Waals surface area contributed by atoms with Gasteiger partial charge in [-0.3, -0.25) is 4.79 Å². The maximum atomic E-state index is 12.7. The van der Waals surface area contributed by atoms with Crippen LogP contribution >= 0.6 is 0 Å². The zero-order chi connectivity index (χ0) is 18.7. The number of amides is 1. The molecule has 0 radical (unpaired) electrons. The molecule has 0 saturated heterocycles. The lowest BCUT2D eigenvalue weighted by molar-refractivity contribution is 0.0899. The van der Waals surface area contributed by atoms with Crippen LogP contribution in [0.4, 0.5) is 0 Å². The molecule has 3 rings (SSSR count). The number of para-hydroxylation sites is 1. The van der Waals surface area contributed by atoms with E-state index < -0.39 is 0 Å². The fourth-order valence-corrected chi connectivity index (χ4v) is 3.68. The van der Waals surface area contributed by atoms with Crippen molar-refractivity contribution in [1.82, 2.24) is 10.5 Å². The zero-order valence-corrected chi connectivity index (χ0v) is 16.1. The van der Waals surface area contributed by atoms with Crippen LogP contribution in [0, 0.1) is 26.7 Å². The maximum Gasteiger partial charge on any atom is 0.274 e. The molecule has 0 spiro atoms. The molecule has 1 aliphatic carbocycles. The molecule has 0 aliphatic heterocycles. The van der Waals surface area contributed by atoms with Crippen LogP contribution in [-0.2, 0) is 6.61 Å². The number of carbonyl (C=O) groups excluding carboxylic acids is 1. The van der Waals surface area contributed by atoms with E-state index in [9.17, 15) is 4.79 Å². The van der Waals surface area contributed by atoms with Crippen LogP contribution in [0.15, 0.2) is 22.7 Å². The van der Waals surface area contributed by atoms with Gasteiger partial charge in [-0.2, -0.15) is 0 Å². The normalized spacial score (nSPS) is 20.0. The van der Waals surface area contributed by atoms with Crippen LogP contribution in [0.3, 0.4) is 0 Å². The predicted molar refractivity (Wildman–Crippen MR) is 100 cm³/mol. The summed E-state index contributed by atoms with van der Waals surface area (Å²) in [6.45, 7) is 8.31. The molecule has 0 bridgehead atoms. The van der Waals surface area contributed by atoms with Crippen molar-refractivity contribution < 1.29 is 14.1 Å². The van der Waals surface area contributed by atoms with Crippen molar-refractivity contribution in [3.05, 3.63) is 46.3 Å². The second-order valence-corrected chi connectivity index (χ2v) is 7.42. The molecule has 2 atom stereocenters. The van der Waals surface area contributed by atoms with Gasteiger partial charge in [0.2, 0.25) is 0 Å². The lowest BCUT2D eigenvalue weighted by Gasteiger charge is -2.29. The summed E-state index contributed by atoms with van der Waals surface area (Å²) in [5.74, 6) is 1.80. The van der Waals surface area contributed by atoms with Gasteiger partial charge in [-0.25, -0.2) is 0 Å². The quantitative estimate of drug-likeness (QED) is 0.857. The smallest absolute Gasteiger partial charge is 0.274 e. The van der Waals surface area contributed by atoms with Crippen molar-refractivity contribution in [2.45, 2.75) is 66.0 Å². The lowest BCUT2D eigenvalue weighted by Crippen LogP contribution is -2.41. The van der Waals surface area contributed by atoms with Gasteiger partial charge in [0.25, 0.3) is 5.91 Å². The number of nitrogens with zero attached hydrogens (tertiary/aromatic N) is 1. The van der Waals surface area contributed by atoms with Gasteiger partial charge in [0, 0.05) is 6.04 Å². The minimum absolute atomic E-state index is 0.166. The van der Waals surface area contributed by atoms with E-state index >= 15 is 0 Å². The highest BCUT2D eigenvalue weighted by Gasteiger charge is 2.27. The van der Waals surface area contributed by atoms with Gasteiger partial charge in [-0.15, -0.1) is 0 Å². The third-order valence-electron chi connectivity index (χ3n) is 5.40. The molecular formula is C21H28N2O3. The van der Waals surface area contributed by atoms with Gasteiger partial charge in [-0.1, -0.05) is 43.1 Å². The molecule has 1 saturated carbocycles. The SMILES string of the molecule is Cc1cccc(C)c1OCc1c(C(=O)NC2CCCCC2C)noc1C. The first kappa shape index (κ1) is 18.5. The van der Waals surface area contributed by atoms with E-state index in [1.807, 2.05) is 39.0 Å². The van der Waals surface area contributed by atoms with Crippen LogP contribution in [0.1, 0.15) is 65.5 Å². The Morgan fingerprint density at radius 3 is 2.62 bits per heavy atom. The van der Waals surface area contributed by atoms with Gasteiger partial charge in [-0.05, 0) is 50.7 Å². The van der Waals surface area contributed by atoms with Crippen molar-refractivity contribution >= 4 is 5.91 Å². The molecule has 2 unspecified atom stereocenters. The monoisotopic (exact) mass is 356 g/mol. The Morgan fingerprint density at radius 1 is 1.23 bits per heavy atom. The molecule has 2 aromatic rings. The first-order valence-corrected chi connectivity index (χ1v) is 9.42. The first-order valence-electron chi connectivity index (χ1n) is 9.42. The molecule has 1 aromatic carbocycles. The Hall–Kier alpha value is -2.30. The van der Waals surface area contributed by atoms with Crippen molar-refractivity contribution in [2.24, 2.45) is 5.92 Å². The molecule has 140 valence electrons. The van der Waals surface area contributed by atoms with Gasteiger partial charge < -0.3 is 14.6 Å². The summed E-state index contributed by atoms with van der Waals surface area (Å²) in [4.78, 5) is 12.7. The fourth-order valence-electron chi connectivity index (χ4n) is 3.68. The summed E-state index contributed by atoms with van der Waals surface area (Å²) in [7, 11) is 0. The third kappa shape index (κ3) is 3.92. The Balaban J connectivity index is 1.73. The predicted octanol–water partition coefficient (Wildman–Crippen LogP) is 4.49. The molecule has 1 N–H and O–H groups in total. The van der Waals surface area contributed by atoms with E-state index in [1.165, 1.54) is 6.42 Å². The van der Waals surface area contributed by atoms with Crippen molar-refractivity contribution in [1.29, 1.82) is 0 Å². The summed E-state index contributed by atoms with van der Waals surface area (Å²) in [5, 5.41) is 7.14. The van der Waals surface area contributed by atoms with Crippen molar-refractivity contribution in [3.63, 3.8) is 0 Å². The molecule has 1 amide bonds. The molecular weight excluding hydrogens is 328 g/mol. The van der Waals surface area contributed by atoms with Gasteiger partial charge in [0.15, 0.2) is 5.69 Å². The zero-order valence-electron chi connectivity index (χ0n) is 16.1. The van der Waals surface area contributed by atoms with E-state index in [0.717, 1.165) is 36.1 Å². The summed E-state index contributed by atoms with van der Waals surface area (Å²) >= 11 is 0. The fraction of sp³-hybridized carbons (Fsp3) is 0.524. The van der Waals surface area contributed by atoms with Crippen molar-refractivity contribution in [3.8, 4) is 5.75 Å². The summed E-state index contributed by atoms with van der Waals surface area (Å²) in [6, 6.07) is 6.24. The lowest BCUT2D eigenvalue weighted by atomic mass is 9.86. The number of hydrogen-bond acceptors (Lipinski definition) is 4. The Morgan fingerprint density at radius 2 is 1.92 bits per heavy atom. The number of aromatic nitrogens is 1. The third-order valence-corrected chi connectivity index (χ3v) is 5.40. The molecule has 1 aromatic heterocycles. The van der Waals surface area contributed by atoms with E-state index in [0.29, 0.717) is 22.9 Å².